The quantitative estimate of drug-likeness (QED) is 0.747. The third-order valence-corrected chi connectivity index (χ3v) is 1.82. The molecule has 0 aliphatic heterocycles. The van der Waals surface area contributed by atoms with Crippen LogP contribution in [0.25, 0.3) is 0 Å². The van der Waals surface area contributed by atoms with Gasteiger partial charge in [0.1, 0.15) is 0 Å². The van der Waals surface area contributed by atoms with Crippen molar-refractivity contribution in [1.29, 1.82) is 0 Å². The van der Waals surface area contributed by atoms with Gasteiger partial charge in [-0.05, 0) is 0 Å². The van der Waals surface area contributed by atoms with Crippen LogP contribution in [0.3, 0.4) is 0 Å². The minimum Gasteiger partial charge on any atom is -0.400 e. The smallest absolute Gasteiger partial charge is 0.400 e. The van der Waals surface area contributed by atoms with Crippen molar-refractivity contribution in [3.05, 3.63) is 35.9 Å². The summed E-state index contributed by atoms with van der Waals surface area (Å²) in [5.41, 5.74) is 0.151. The van der Waals surface area contributed by atoms with Gasteiger partial charge in [-0.3, -0.25) is 0 Å². The molecule has 0 amide bonds. The first-order chi connectivity index (χ1) is 7.42. The molecule has 0 bridgehead atoms. The zero-order valence-corrected chi connectivity index (χ0v) is 8.94. The van der Waals surface area contributed by atoms with Crippen LogP contribution in [-0.2, 0) is 15.3 Å². The van der Waals surface area contributed by atoms with E-state index in [2.05, 4.69) is 9.47 Å². The van der Waals surface area contributed by atoms with E-state index in [1.807, 2.05) is 0 Å². The first-order valence-corrected chi connectivity index (χ1v) is 4.70. The second-order valence-corrected chi connectivity index (χ2v) is 3.30. The van der Waals surface area contributed by atoms with E-state index in [-0.39, 0.29) is 5.56 Å². The maximum Gasteiger partial charge on any atom is 0.513 e. The van der Waals surface area contributed by atoms with Crippen molar-refractivity contribution < 1.29 is 23.0 Å². The van der Waals surface area contributed by atoms with E-state index in [4.69, 9.17) is 0 Å². The summed E-state index contributed by atoms with van der Waals surface area (Å²) in [5.74, 6) is -2.34. The Labute approximate surface area is 92.0 Å². The van der Waals surface area contributed by atoms with Gasteiger partial charge in [0, 0.05) is 19.4 Å². The Bertz CT molecular complexity index is 350. The second kappa shape index (κ2) is 4.92. The summed E-state index contributed by atoms with van der Waals surface area (Å²) in [7, 11) is 0. The molecule has 0 heterocycles. The van der Waals surface area contributed by atoms with Gasteiger partial charge in [0.2, 0.25) is 6.36 Å². The second-order valence-electron chi connectivity index (χ2n) is 3.30. The highest BCUT2D eigenvalue weighted by molar-refractivity contribution is 5.60. The van der Waals surface area contributed by atoms with Gasteiger partial charge in [0.15, 0.2) is 0 Å². The summed E-state index contributed by atoms with van der Waals surface area (Å²) in [5, 5.41) is 0. The highest BCUT2D eigenvalue weighted by atomic mass is 19.2. The predicted octanol–water partition coefficient (Wildman–Crippen LogP) is 3.30. The topological polar surface area (TPSA) is 35.5 Å². The molecule has 5 heteroatoms. The lowest BCUT2D eigenvalue weighted by atomic mass is 10.1. The monoisotopic (exact) mass is 230 g/mol. The third-order valence-electron chi connectivity index (χ3n) is 1.82. The van der Waals surface area contributed by atoms with Crippen LogP contribution >= 0.6 is 0 Å². The van der Waals surface area contributed by atoms with Crippen LogP contribution in [0.1, 0.15) is 19.4 Å². The van der Waals surface area contributed by atoms with Crippen LogP contribution in [0.15, 0.2) is 30.3 Å². The molecule has 16 heavy (non-hydrogen) atoms. The van der Waals surface area contributed by atoms with Gasteiger partial charge in [-0.25, -0.2) is 9.18 Å². The molecule has 1 aromatic rings. The van der Waals surface area contributed by atoms with Crippen molar-refractivity contribution in [2.24, 2.45) is 0 Å². The lowest BCUT2D eigenvalue weighted by Gasteiger charge is -2.20. The van der Waals surface area contributed by atoms with Gasteiger partial charge < -0.3 is 9.47 Å². The third kappa shape index (κ3) is 3.49. The fraction of sp³-hybridized carbons (Fsp3) is 0.364. The van der Waals surface area contributed by atoms with Crippen molar-refractivity contribution in [3.63, 3.8) is 0 Å². The van der Waals surface area contributed by atoms with Crippen molar-refractivity contribution >= 4 is 6.16 Å². The summed E-state index contributed by atoms with van der Waals surface area (Å²) in [6.45, 7) is 2.05. The minimum atomic E-state index is -2.34. The van der Waals surface area contributed by atoms with E-state index < -0.39 is 18.4 Å². The summed E-state index contributed by atoms with van der Waals surface area (Å²) < 4.78 is 34.6. The fourth-order valence-corrected chi connectivity index (χ4v) is 1.11. The number of benzene rings is 1. The molecule has 1 rings (SSSR count). The first-order valence-electron chi connectivity index (χ1n) is 4.70. The molecular formula is C11H12F2O3. The van der Waals surface area contributed by atoms with Crippen molar-refractivity contribution in [3.8, 4) is 0 Å². The van der Waals surface area contributed by atoms with Crippen LogP contribution in [0.2, 0.25) is 0 Å². The molecule has 0 radical (unpaired) electrons. The number of carbonyl (C=O) groups is 1. The molecule has 0 N–H and O–H groups in total. The molecule has 0 fully saturated rings. The molecule has 0 aliphatic rings. The van der Waals surface area contributed by atoms with Gasteiger partial charge in [0.25, 0.3) is 5.85 Å². The number of alkyl halides is 2. The van der Waals surface area contributed by atoms with Crippen LogP contribution in [0.5, 0.6) is 0 Å². The lowest BCUT2D eigenvalue weighted by molar-refractivity contribution is -0.129. The van der Waals surface area contributed by atoms with Crippen LogP contribution in [-0.4, -0.2) is 12.5 Å². The molecule has 0 saturated heterocycles. The molecule has 0 spiro atoms. The van der Waals surface area contributed by atoms with Crippen LogP contribution in [0, 0.1) is 0 Å². The number of halogens is 2. The highest BCUT2D eigenvalue weighted by Gasteiger charge is 2.31. The largest absolute Gasteiger partial charge is 0.513 e. The Morgan fingerprint density at radius 2 is 1.94 bits per heavy atom. The maximum absolute atomic E-state index is 13.9. The zero-order chi connectivity index (χ0) is 12.2. The Kier molecular flexibility index (Phi) is 3.82. The first kappa shape index (κ1) is 12.4. The minimum absolute atomic E-state index is 0.151. The van der Waals surface area contributed by atoms with E-state index in [1.165, 1.54) is 12.1 Å². The van der Waals surface area contributed by atoms with E-state index in [1.54, 1.807) is 18.2 Å². The van der Waals surface area contributed by atoms with Gasteiger partial charge in [0.05, 0.1) is 0 Å². The van der Waals surface area contributed by atoms with E-state index in [0.717, 1.165) is 13.8 Å². The van der Waals surface area contributed by atoms with Gasteiger partial charge in [-0.15, -0.1) is 0 Å². The van der Waals surface area contributed by atoms with Gasteiger partial charge in [-0.1, -0.05) is 30.3 Å². The Balaban J connectivity index is 2.69. The standard InChI is InChI=1S/C11H12F2O3/c1-8(12)15-10(14)16-11(2,13)9-6-4-3-5-7-9/h3-8H,1-2H3. The lowest BCUT2D eigenvalue weighted by Crippen LogP contribution is -2.25. The SMILES string of the molecule is CC(F)OC(=O)OC(C)(F)c1ccccc1. The average molecular weight is 230 g/mol. The van der Waals surface area contributed by atoms with Crippen LogP contribution in [0.4, 0.5) is 13.6 Å². The summed E-state index contributed by atoms with van der Waals surface area (Å²) in [6.07, 6.45) is -3.22. The summed E-state index contributed by atoms with van der Waals surface area (Å²) in [6, 6.07) is 7.79. The molecule has 2 atom stereocenters. The average Bonchev–Trinajstić information content (AvgIpc) is 2.16. The van der Waals surface area contributed by atoms with Gasteiger partial charge in [-0.2, -0.15) is 4.39 Å². The number of hydrogen-bond acceptors (Lipinski definition) is 3. The molecule has 3 nitrogen and oxygen atoms in total. The highest BCUT2D eigenvalue weighted by Crippen LogP contribution is 2.27. The molecule has 1 aromatic carbocycles. The van der Waals surface area contributed by atoms with Crippen molar-refractivity contribution in [2.75, 3.05) is 0 Å². The zero-order valence-electron chi connectivity index (χ0n) is 8.94. The Hall–Kier alpha value is -1.65. The predicted molar refractivity (Wildman–Crippen MR) is 53.0 cm³/mol. The van der Waals surface area contributed by atoms with Crippen molar-refractivity contribution in [1.82, 2.24) is 0 Å². The number of hydrogen-bond donors (Lipinski definition) is 0. The maximum atomic E-state index is 13.9. The molecule has 0 aliphatic carbocycles. The normalized spacial score (nSPS) is 16.0. The fourth-order valence-electron chi connectivity index (χ4n) is 1.11. The number of rotatable bonds is 3. The van der Waals surface area contributed by atoms with Crippen molar-refractivity contribution in [2.45, 2.75) is 26.1 Å². The van der Waals surface area contributed by atoms with E-state index >= 15 is 0 Å². The summed E-state index contributed by atoms with van der Waals surface area (Å²) in [4.78, 5) is 10.9. The van der Waals surface area contributed by atoms with E-state index in [9.17, 15) is 13.6 Å². The van der Waals surface area contributed by atoms with E-state index in [0.29, 0.717) is 0 Å². The molecule has 88 valence electrons. The van der Waals surface area contributed by atoms with Crippen LogP contribution < -0.4 is 0 Å². The number of carbonyl (C=O) groups excluding carboxylic acids is 1. The molecule has 2 unspecified atom stereocenters. The number of ether oxygens (including phenoxy) is 2. The van der Waals surface area contributed by atoms with Gasteiger partial charge >= 0.3 is 6.16 Å². The Morgan fingerprint density at radius 1 is 1.38 bits per heavy atom. The summed E-state index contributed by atoms with van der Waals surface area (Å²) >= 11 is 0. The molecular weight excluding hydrogens is 218 g/mol. The molecule has 0 saturated carbocycles. The molecule has 0 aromatic heterocycles. The Morgan fingerprint density at radius 3 is 2.44 bits per heavy atom.